The Labute approximate surface area is 208 Å². The van der Waals surface area contributed by atoms with Gasteiger partial charge in [-0.2, -0.15) is 0 Å². The Morgan fingerprint density at radius 2 is 1.26 bits per heavy atom. The summed E-state index contributed by atoms with van der Waals surface area (Å²) >= 11 is 1.85. The average molecular weight is 468 g/mol. The molecule has 0 N–H and O–H groups in total. The van der Waals surface area contributed by atoms with Crippen LogP contribution in [0.4, 0.5) is 0 Å². The molecule has 0 aliphatic carbocycles. The first-order valence-electron chi connectivity index (χ1n) is 12.1. The standard InChI is InChI=1S/C33H25NS/c1-33(2,3)22-10-13-23-20(18-22)8-11-25-24(23)14-15-29-26(25)16-17-34-32(29)21-9-12-28-27-6-4-5-7-30(27)35-31(28)19-21/h4-19H,1-3H3. The average Bonchev–Trinajstić information content (AvgIpc) is 3.25. The van der Waals surface area contributed by atoms with Gasteiger partial charge in [0.1, 0.15) is 0 Å². The molecule has 0 atom stereocenters. The lowest BCUT2D eigenvalue weighted by Crippen LogP contribution is -2.10. The van der Waals surface area contributed by atoms with E-state index in [1.807, 2.05) is 17.5 Å². The maximum atomic E-state index is 4.85. The number of nitrogens with zero attached hydrogens (tertiary/aromatic N) is 1. The fourth-order valence-electron chi connectivity index (χ4n) is 5.38. The zero-order chi connectivity index (χ0) is 23.7. The summed E-state index contributed by atoms with van der Waals surface area (Å²) in [7, 11) is 0. The first kappa shape index (κ1) is 20.6. The Kier molecular flexibility index (Phi) is 4.34. The van der Waals surface area contributed by atoms with E-state index in [9.17, 15) is 0 Å². The molecule has 0 saturated heterocycles. The molecule has 0 saturated carbocycles. The maximum absolute atomic E-state index is 4.85. The number of hydrogen-bond donors (Lipinski definition) is 0. The van der Waals surface area contributed by atoms with E-state index in [4.69, 9.17) is 4.98 Å². The monoisotopic (exact) mass is 467 g/mol. The number of thiophene rings is 1. The van der Waals surface area contributed by atoms with Crippen LogP contribution in [0.25, 0.3) is 63.7 Å². The van der Waals surface area contributed by atoms with Gasteiger partial charge < -0.3 is 0 Å². The smallest absolute Gasteiger partial charge is 0.0780 e. The summed E-state index contributed by atoms with van der Waals surface area (Å²) in [5, 5.41) is 10.3. The molecule has 0 unspecified atom stereocenters. The van der Waals surface area contributed by atoms with Gasteiger partial charge >= 0.3 is 0 Å². The Hall–Kier alpha value is -3.75. The van der Waals surface area contributed by atoms with Crippen molar-refractivity contribution in [3.63, 3.8) is 0 Å². The molecule has 7 rings (SSSR count). The third-order valence-electron chi connectivity index (χ3n) is 7.28. The van der Waals surface area contributed by atoms with E-state index in [0.717, 1.165) is 5.69 Å². The number of rotatable bonds is 1. The van der Waals surface area contributed by atoms with Gasteiger partial charge in [0.05, 0.1) is 5.69 Å². The lowest BCUT2D eigenvalue weighted by Gasteiger charge is -2.20. The van der Waals surface area contributed by atoms with Gasteiger partial charge in [0, 0.05) is 37.3 Å². The van der Waals surface area contributed by atoms with Gasteiger partial charge in [-0.15, -0.1) is 11.3 Å². The molecule has 5 aromatic carbocycles. The fourth-order valence-corrected chi connectivity index (χ4v) is 6.53. The molecule has 0 aliphatic heterocycles. The third-order valence-corrected chi connectivity index (χ3v) is 8.41. The number of hydrogen-bond acceptors (Lipinski definition) is 2. The van der Waals surface area contributed by atoms with Crippen LogP contribution in [0.1, 0.15) is 26.3 Å². The summed E-state index contributed by atoms with van der Waals surface area (Å²) in [6.07, 6.45) is 1.96. The number of aromatic nitrogens is 1. The van der Waals surface area contributed by atoms with Crippen LogP contribution in [0.2, 0.25) is 0 Å². The molecule has 2 aromatic heterocycles. The van der Waals surface area contributed by atoms with Gasteiger partial charge in [-0.3, -0.25) is 4.98 Å². The Balaban J connectivity index is 1.44. The largest absolute Gasteiger partial charge is 0.256 e. The Morgan fingerprint density at radius 3 is 2.14 bits per heavy atom. The van der Waals surface area contributed by atoms with Crippen LogP contribution in [-0.4, -0.2) is 4.98 Å². The van der Waals surface area contributed by atoms with Crippen molar-refractivity contribution in [3.05, 3.63) is 103 Å². The first-order chi connectivity index (χ1) is 17.0. The van der Waals surface area contributed by atoms with Crippen LogP contribution in [0.3, 0.4) is 0 Å². The number of fused-ring (bicyclic) bond motifs is 8. The lowest BCUT2D eigenvalue weighted by atomic mass is 9.85. The minimum Gasteiger partial charge on any atom is -0.256 e. The minimum absolute atomic E-state index is 0.141. The van der Waals surface area contributed by atoms with Crippen LogP contribution < -0.4 is 0 Å². The highest BCUT2D eigenvalue weighted by Crippen LogP contribution is 2.39. The highest BCUT2D eigenvalue weighted by Gasteiger charge is 2.15. The molecule has 0 fully saturated rings. The van der Waals surface area contributed by atoms with Crippen molar-refractivity contribution in [1.82, 2.24) is 4.98 Å². The molecular formula is C33H25NS. The highest BCUT2D eigenvalue weighted by atomic mass is 32.1. The van der Waals surface area contributed by atoms with Gasteiger partial charge in [-0.1, -0.05) is 93.6 Å². The molecule has 2 heterocycles. The summed E-state index contributed by atoms with van der Waals surface area (Å²) in [5.74, 6) is 0. The quantitative estimate of drug-likeness (QED) is 0.219. The van der Waals surface area contributed by atoms with E-state index in [0.29, 0.717) is 0 Å². The first-order valence-corrected chi connectivity index (χ1v) is 13.0. The van der Waals surface area contributed by atoms with E-state index < -0.39 is 0 Å². The van der Waals surface area contributed by atoms with Crippen molar-refractivity contribution in [2.24, 2.45) is 0 Å². The molecule has 1 nitrogen and oxygen atoms in total. The second-order valence-electron chi connectivity index (χ2n) is 10.5. The SMILES string of the molecule is CC(C)(C)c1ccc2c(ccc3c4ccnc(-c5ccc6c(c5)sc5ccccc56)c4ccc23)c1. The predicted molar refractivity (Wildman–Crippen MR) is 154 cm³/mol. The second kappa shape index (κ2) is 7.37. The Morgan fingerprint density at radius 1 is 0.571 bits per heavy atom. The molecule has 0 spiro atoms. The molecule has 0 radical (unpaired) electrons. The van der Waals surface area contributed by atoms with E-state index in [2.05, 4.69) is 112 Å². The molecule has 2 heteroatoms. The van der Waals surface area contributed by atoms with Crippen LogP contribution in [0, 0.1) is 0 Å². The lowest BCUT2D eigenvalue weighted by molar-refractivity contribution is 0.591. The van der Waals surface area contributed by atoms with E-state index in [1.54, 1.807) is 0 Å². The number of pyridine rings is 1. The van der Waals surface area contributed by atoms with Crippen molar-refractivity contribution < 1.29 is 0 Å². The van der Waals surface area contributed by atoms with Crippen LogP contribution >= 0.6 is 11.3 Å². The van der Waals surface area contributed by atoms with Crippen molar-refractivity contribution in [2.75, 3.05) is 0 Å². The fraction of sp³-hybridized carbons (Fsp3) is 0.121. The van der Waals surface area contributed by atoms with Crippen molar-refractivity contribution in [2.45, 2.75) is 26.2 Å². The summed E-state index contributed by atoms with van der Waals surface area (Å²) in [6, 6.07) is 33.6. The van der Waals surface area contributed by atoms with Crippen molar-refractivity contribution in [3.8, 4) is 11.3 Å². The van der Waals surface area contributed by atoms with Gasteiger partial charge in [-0.25, -0.2) is 0 Å². The zero-order valence-corrected chi connectivity index (χ0v) is 20.9. The predicted octanol–water partition coefficient (Wildman–Crippen LogP) is 9.87. The second-order valence-corrected chi connectivity index (χ2v) is 11.6. The van der Waals surface area contributed by atoms with Gasteiger partial charge in [0.2, 0.25) is 0 Å². The molecule has 35 heavy (non-hydrogen) atoms. The molecule has 7 aromatic rings. The summed E-state index contributed by atoms with van der Waals surface area (Å²) in [4.78, 5) is 4.85. The molecular weight excluding hydrogens is 442 g/mol. The van der Waals surface area contributed by atoms with Gasteiger partial charge in [0.25, 0.3) is 0 Å². The van der Waals surface area contributed by atoms with E-state index in [-0.39, 0.29) is 5.41 Å². The van der Waals surface area contributed by atoms with E-state index >= 15 is 0 Å². The Bertz CT molecular complexity index is 1940. The zero-order valence-electron chi connectivity index (χ0n) is 20.1. The van der Waals surface area contributed by atoms with E-state index in [1.165, 1.54) is 63.6 Å². The normalized spacial score (nSPS) is 12.4. The van der Waals surface area contributed by atoms with Crippen molar-refractivity contribution >= 4 is 63.8 Å². The van der Waals surface area contributed by atoms with Crippen LogP contribution in [0.5, 0.6) is 0 Å². The topological polar surface area (TPSA) is 12.9 Å². The maximum Gasteiger partial charge on any atom is 0.0780 e. The summed E-state index contributed by atoms with van der Waals surface area (Å²) < 4.78 is 2.64. The van der Waals surface area contributed by atoms with Crippen LogP contribution in [0.15, 0.2) is 97.2 Å². The number of benzene rings is 5. The van der Waals surface area contributed by atoms with Crippen LogP contribution in [-0.2, 0) is 5.41 Å². The molecule has 0 amide bonds. The third kappa shape index (κ3) is 3.17. The summed E-state index contributed by atoms with van der Waals surface area (Å²) in [6.45, 7) is 6.81. The highest BCUT2D eigenvalue weighted by molar-refractivity contribution is 7.25. The van der Waals surface area contributed by atoms with Gasteiger partial charge in [-0.05, 0) is 56.1 Å². The van der Waals surface area contributed by atoms with Crippen molar-refractivity contribution in [1.29, 1.82) is 0 Å². The summed E-state index contributed by atoms with van der Waals surface area (Å²) in [5.41, 5.74) is 3.73. The minimum atomic E-state index is 0.141. The molecule has 168 valence electrons. The molecule has 0 aliphatic rings. The van der Waals surface area contributed by atoms with Gasteiger partial charge in [0.15, 0.2) is 0 Å². The molecule has 0 bridgehead atoms.